The minimum atomic E-state index is -3.99. The van der Waals surface area contributed by atoms with Gasteiger partial charge in [-0.3, -0.25) is 4.79 Å². The third kappa shape index (κ3) is 3.21. The maximum atomic E-state index is 13.4. The lowest BCUT2D eigenvalue weighted by Gasteiger charge is -2.32. The van der Waals surface area contributed by atoms with Gasteiger partial charge in [0.15, 0.2) is 15.1 Å². The molecule has 0 saturated heterocycles. The summed E-state index contributed by atoms with van der Waals surface area (Å²) in [7, 11) is -3.99. The Kier molecular flexibility index (Phi) is 4.73. The molecule has 0 radical (unpaired) electrons. The number of carbonyl (C=O) groups is 1. The van der Waals surface area contributed by atoms with Gasteiger partial charge in [0.2, 0.25) is 0 Å². The van der Waals surface area contributed by atoms with Crippen LogP contribution in [0.5, 0.6) is 5.75 Å². The van der Waals surface area contributed by atoms with Crippen molar-refractivity contribution in [2.75, 3.05) is 0 Å². The van der Waals surface area contributed by atoms with Gasteiger partial charge in [-0.2, -0.15) is 0 Å². The number of fused-ring (bicyclic) bond motifs is 1. The van der Waals surface area contributed by atoms with Crippen LogP contribution >= 0.6 is 11.6 Å². The van der Waals surface area contributed by atoms with Gasteiger partial charge in [0.05, 0.1) is 4.90 Å². The maximum Gasteiger partial charge on any atom is 0.331 e. The van der Waals surface area contributed by atoms with Crippen molar-refractivity contribution in [3.05, 3.63) is 94.5 Å². The number of sulfone groups is 1. The van der Waals surface area contributed by atoms with Crippen LogP contribution < -0.4 is 4.74 Å². The molecule has 4 nitrogen and oxygen atoms in total. The molecule has 4 rings (SSSR count). The van der Waals surface area contributed by atoms with E-state index in [1.54, 1.807) is 60.7 Å². The molecule has 0 bridgehead atoms. The van der Waals surface area contributed by atoms with Gasteiger partial charge in [-0.05, 0) is 42.8 Å². The number of rotatable bonds is 3. The lowest BCUT2D eigenvalue weighted by molar-refractivity contribution is -0.135. The number of halogens is 1. The minimum absolute atomic E-state index is 0.0957. The number of aryl methyl sites for hydroxylation is 1. The van der Waals surface area contributed by atoms with Crippen molar-refractivity contribution in [1.29, 1.82) is 0 Å². The molecule has 0 fully saturated rings. The first-order valence-corrected chi connectivity index (χ1v) is 10.7. The van der Waals surface area contributed by atoms with E-state index in [2.05, 4.69) is 0 Å². The molecule has 0 amide bonds. The standard InChI is InChI=1S/C22H17ClO4S/c1-14-6-12-17(13-7-14)28(25,26)21-20(15-8-10-16(23)11-9-15)18-4-2-3-5-19(18)27-22(21)24/h2-13,20-21H,1H3. The smallest absolute Gasteiger partial charge is 0.331 e. The Labute approximate surface area is 168 Å². The number of para-hydroxylation sites is 1. The number of carbonyl (C=O) groups excluding carboxylic acids is 1. The molecule has 3 aromatic carbocycles. The van der Waals surface area contributed by atoms with Gasteiger partial charge in [-0.1, -0.05) is 59.6 Å². The SMILES string of the molecule is Cc1ccc(S(=O)(=O)C2C(=O)Oc3ccccc3C2c2ccc(Cl)cc2)cc1. The third-order valence-corrected chi connectivity index (χ3v) is 7.23. The van der Waals surface area contributed by atoms with Gasteiger partial charge in [0.1, 0.15) is 5.75 Å². The van der Waals surface area contributed by atoms with Crippen molar-refractivity contribution in [3.8, 4) is 5.75 Å². The molecule has 28 heavy (non-hydrogen) atoms. The van der Waals surface area contributed by atoms with Crippen molar-refractivity contribution in [1.82, 2.24) is 0 Å². The zero-order valence-corrected chi connectivity index (χ0v) is 16.6. The number of esters is 1. The van der Waals surface area contributed by atoms with Crippen LogP contribution in [0.4, 0.5) is 0 Å². The van der Waals surface area contributed by atoms with Crippen LogP contribution in [0.15, 0.2) is 77.7 Å². The highest BCUT2D eigenvalue weighted by Gasteiger charge is 2.47. The van der Waals surface area contributed by atoms with E-state index in [4.69, 9.17) is 16.3 Å². The summed E-state index contributed by atoms with van der Waals surface area (Å²) >= 11 is 6.01. The zero-order chi connectivity index (χ0) is 19.9. The Hall–Kier alpha value is -2.63. The molecule has 0 spiro atoms. The van der Waals surface area contributed by atoms with Gasteiger partial charge < -0.3 is 4.74 Å². The molecule has 6 heteroatoms. The minimum Gasteiger partial charge on any atom is -0.425 e. The summed E-state index contributed by atoms with van der Waals surface area (Å²) in [6.45, 7) is 1.87. The second kappa shape index (κ2) is 7.08. The Morgan fingerprint density at radius 3 is 2.21 bits per heavy atom. The van der Waals surface area contributed by atoms with Crippen LogP contribution in [0.25, 0.3) is 0 Å². The molecule has 1 aliphatic rings. The van der Waals surface area contributed by atoms with E-state index < -0.39 is 27.0 Å². The normalized spacial score (nSPS) is 19.0. The summed E-state index contributed by atoms with van der Waals surface area (Å²) in [5, 5.41) is -0.848. The highest BCUT2D eigenvalue weighted by atomic mass is 35.5. The lowest BCUT2D eigenvalue weighted by Crippen LogP contribution is -2.42. The summed E-state index contributed by atoms with van der Waals surface area (Å²) in [5.41, 5.74) is 2.28. The molecule has 0 aromatic heterocycles. The van der Waals surface area contributed by atoms with Crippen molar-refractivity contribution in [3.63, 3.8) is 0 Å². The molecule has 3 aromatic rings. The monoisotopic (exact) mass is 412 g/mol. The predicted molar refractivity (Wildman–Crippen MR) is 108 cm³/mol. The summed E-state index contributed by atoms with van der Waals surface area (Å²) in [4.78, 5) is 13.0. The summed E-state index contributed by atoms with van der Waals surface area (Å²) < 4.78 is 32.3. The zero-order valence-electron chi connectivity index (χ0n) is 15.0. The first kappa shape index (κ1) is 18.7. The molecule has 1 aliphatic heterocycles. The average Bonchev–Trinajstić information content (AvgIpc) is 2.68. The third-order valence-electron chi connectivity index (χ3n) is 4.91. The van der Waals surface area contributed by atoms with Gasteiger partial charge in [0, 0.05) is 16.5 Å². The van der Waals surface area contributed by atoms with Gasteiger partial charge in [-0.25, -0.2) is 8.42 Å². The van der Waals surface area contributed by atoms with E-state index in [0.29, 0.717) is 21.9 Å². The van der Waals surface area contributed by atoms with Crippen molar-refractivity contribution < 1.29 is 17.9 Å². The first-order valence-electron chi connectivity index (χ1n) is 8.74. The van der Waals surface area contributed by atoms with E-state index >= 15 is 0 Å². The van der Waals surface area contributed by atoms with Crippen molar-refractivity contribution in [2.45, 2.75) is 23.0 Å². The Morgan fingerprint density at radius 2 is 1.54 bits per heavy atom. The summed E-state index contributed by atoms with van der Waals surface area (Å²) in [5.74, 6) is -1.09. The van der Waals surface area contributed by atoms with E-state index in [1.807, 2.05) is 6.92 Å². The fraction of sp³-hybridized carbons (Fsp3) is 0.136. The molecule has 1 heterocycles. The van der Waals surface area contributed by atoms with Crippen LogP contribution in [-0.2, 0) is 14.6 Å². The van der Waals surface area contributed by atoms with E-state index in [9.17, 15) is 13.2 Å². The van der Waals surface area contributed by atoms with E-state index in [1.165, 1.54) is 12.1 Å². The largest absolute Gasteiger partial charge is 0.425 e. The highest BCUT2D eigenvalue weighted by Crippen LogP contribution is 2.43. The molecule has 142 valence electrons. The van der Waals surface area contributed by atoms with E-state index in [0.717, 1.165) is 5.56 Å². The van der Waals surface area contributed by atoms with Crippen LogP contribution in [-0.4, -0.2) is 19.6 Å². The maximum absolute atomic E-state index is 13.4. The molecule has 0 saturated carbocycles. The second-order valence-electron chi connectivity index (χ2n) is 6.77. The Bertz CT molecular complexity index is 1140. The molecular formula is C22H17ClO4S. The van der Waals surface area contributed by atoms with E-state index in [-0.39, 0.29) is 4.90 Å². The number of hydrogen-bond acceptors (Lipinski definition) is 4. The van der Waals surface area contributed by atoms with Crippen molar-refractivity contribution >= 4 is 27.4 Å². The second-order valence-corrected chi connectivity index (χ2v) is 9.27. The number of hydrogen-bond donors (Lipinski definition) is 0. The quantitative estimate of drug-likeness (QED) is 0.468. The molecule has 0 N–H and O–H groups in total. The first-order chi connectivity index (χ1) is 13.4. The number of ether oxygens (including phenoxy) is 1. The average molecular weight is 413 g/mol. The van der Waals surface area contributed by atoms with Crippen LogP contribution in [0, 0.1) is 6.92 Å². The van der Waals surface area contributed by atoms with Crippen LogP contribution in [0.2, 0.25) is 5.02 Å². The Morgan fingerprint density at radius 1 is 0.893 bits per heavy atom. The Balaban J connectivity index is 1.92. The summed E-state index contributed by atoms with van der Waals surface area (Å²) in [6, 6.07) is 20.4. The molecule has 2 atom stereocenters. The summed E-state index contributed by atoms with van der Waals surface area (Å²) in [6.07, 6.45) is 0. The molecular weight excluding hydrogens is 396 g/mol. The predicted octanol–water partition coefficient (Wildman–Crippen LogP) is 4.54. The highest BCUT2D eigenvalue weighted by molar-refractivity contribution is 7.92. The van der Waals surface area contributed by atoms with Crippen LogP contribution in [0.1, 0.15) is 22.6 Å². The topological polar surface area (TPSA) is 60.4 Å². The van der Waals surface area contributed by atoms with Crippen molar-refractivity contribution in [2.24, 2.45) is 0 Å². The molecule has 2 unspecified atom stereocenters. The number of benzene rings is 3. The molecule has 0 aliphatic carbocycles. The van der Waals surface area contributed by atoms with Crippen LogP contribution in [0.3, 0.4) is 0 Å². The fourth-order valence-corrected chi connectivity index (χ4v) is 5.40. The fourth-order valence-electron chi connectivity index (χ4n) is 3.50. The van der Waals surface area contributed by atoms with Gasteiger partial charge >= 0.3 is 5.97 Å². The lowest BCUT2D eigenvalue weighted by atomic mass is 9.86. The van der Waals surface area contributed by atoms with Gasteiger partial charge in [-0.15, -0.1) is 0 Å². The van der Waals surface area contributed by atoms with Gasteiger partial charge in [0.25, 0.3) is 0 Å².